The molecule has 0 spiro atoms. The first-order valence-corrected chi connectivity index (χ1v) is 15.1. The molecule has 6 rings (SSSR count). The van der Waals surface area contributed by atoms with Crippen molar-refractivity contribution in [3.8, 4) is 5.75 Å². The summed E-state index contributed by atoms with van der Waals surface area (Å²) in [6.07, 6.45) is -1.51. The van der Waals surface area contributed by atoms with Crippen LogP contribution in [0, 0.1) is 0 Å². The molecular formula is C30H28F3N5O4S. The lowest BCUT2D eigenvalue weighted by atomic mass is 9.94. The van der Waals surface area contributed by atoms with Gasteiger partial charge in [-0.05, 0) is 66.4 Å². The van der Waals surface area contributed by atoms with Gasteiger partial charge >= 0.3 is 6.36 Å². The number of piperidine rings is 1. The van der Waals surface area contributed by atoms with Gasteiger partial charge in [0.1, 0.15) is 17.9 Å². The van der Waals surface area contributed by atoms with Crippen LogP contribution in [0.2, 0.25) is 0 Å². The average Bonchev–Trinajstić information content (AvgIpc) is 3.15. The van der Waals surface area contributed by atoms with E-state index < -0.39 is 40.3 Å². The molecule has 0 radical (unpaired) electrons. The standard InChI is InChI=1S/C30H28F3N5O4S/c31-30(32,33)42-22-11-13-23(14-12-22)43(40,41)36-24-17-37(28-15-16-34-19-35-28)18-27(29(24)39)38-25-7-3-1-5-20(25)9-10-21-6-2-4-8-26(21)38/h1-8,11-16,19,24,27,29,36,39H,9-10,17-18H2/t24-,27+,29+/m1/s1. The average molecular weight is 612 g/mol. The molecule has 1 saturated heterocycles. The van der Waals surface area contributed by atoms with E-state index in [1.807, 2.05) is 41.3 Å². The van der Waals surface area contributed by atoms with Gasteiger partial charge in [-0.2, -0.15) is 0 Å². The Bertz CT molecular complexity index is 1640. The van der Waals surface area contributed by atoms with Crippen LogP contribution in [0.3, 0.4) is 0 Å². The highest BCUT2D eigenvalue weighted by molar-refractivity contribution is 7.89. The number of hydrogen-bond donors (Lipinski definition) is 2. The van der Waals surface area contributed by atoms with E-state index in [4.69, 9.17) is 0 Å². The Morgan fingerprint density at radius 2 is 1.51 bits per heavy atom. The number of nitrogens with one attached hydrogen (secondary N) is 1. The zero-order valence-electron chi connectivity index (χ0n) is 22.7. The number of hydrogen-bond acceptors (Lipinski definition) is 8. The lowest BCUT2D eigenvalue weighted by Gasteiger charge is -2.47. The minimum absolute atomic E-state index is 0.0836. The fourth-order valence-electron chi connectivity index (χ4n) is 5.78. The molecule has 2 aliphatic heterocycles. The first kappa shape index (κ1) is 28.9. The van der Waals surface area contributed by atoms with Crippen LogP contribution in [0.15, 0.2) is 96.3 Å². The first-order valence-electron chi connectivity index (χ1n) is 13.6. The second-order valence-electron chi connectivity index (χ2n) is 10.4. The molecule has 3 heterocycles. The van der Waals surface area contributed by atoms with Gasteiger partial charge in [0.25, 0.3) is 0 Å². The Morgan fingerprint density at radius 1 is 0.884 bits per heavy atom. The van der Waals surface area contributed by atoms with Gasteiger partial charge in [0, 0.05) is 30.7 Å². The third-order valence-electron chi connectivity index (χ3n) is 7.69. The molecule has 43 heavy (non-hydrogen) atoms. The zero-order valence-corrected chi connectivity index (χ0v) is 23.5. The molecule has 224 valence electrons. The Labute approximate surface area is 246 Å². The summed E-state index contributed by atoms with van der Waals surface area (Å²) >= 11 is 0. The number of fused-ring (bicyclic) bond motifs is 2. The van der Waals surface area contributed by atoms with Crippen molar-refractivity contribution in [3.63, 3.8) is 0 Å². The maximum atomic E-state index is 13.5. The van der Waals surface area contributed by atoms with Gasteiger partial charge in [0.05, 0.1) is 23.1 Å². The normalized spacial score (nSPS) is 20.6. The topological polar surface area (TPSA) is 108 Å². The number of anilines is 3. The highest BCUT2D eigenvalue weighted by Crippen LogP contribution is 2.40. The van der Waals surface area contributed by atoms with Crippen LogP contribution in [-0.4, -0.2) is 61.1 Å². The van der Waals surface area contributed by atoms with E-state index in [0.29, 0.717) is 12.4 Å². The van der Waals surface area contributed by atoms with E-state index in [1.165, 1.54) is 6.33 Å². The smallest absolute Gasteiger partial charge is 0.406 e. The van der Waals surface area contributed by atoms with Gasteiger partial charge in [-0.15, -0.1) is 13.2 Å². The molecule has 2 aliphatic rings. The van der Waals surface area contributed by atoms with E-state index in [-0.39, 0.29) is 11.4 Å². The number of nitrogens with zero attached hydrogens (tertiary/aromatic N) is 4. The number of para-hydroxylation sites is 2. The summed E-state index contributed by atoms with van der Waals surface area (Å²) in [5, 5.41) is 11.9. The molecule has 0 aliphatic carbocycles. The molecule has 3 atom stereocenters. The second-order valence-corrected chi connectivity index (χ2v) is 12.1. The van der Waals surface area contributed by atoms with E-state index in [0.717, 1.165) is 59.6 Å². The van der Waals surface area contributed by atoms with E-state index in [2.05, 4.69) is 36.5 Å². The van der Waals surface area contributed by atoms with Crippen LogP contribution in [-0.2, 0) is 22.9 Å². The minimum Gasteiger partial charge on any atom is -0.406 e. The maximum absolute atomic E-state index is 13.5. The van der Waals surface area contributed by atoms with Crippen LogP contribution in [0.5, 0.6) is 5.75 Å². The molecular weight excluding hydrogens is 583 g/mol. The molecule has 2 N–H and O–H groups in total. The lowest BCUT2D eigenvalue weighted by molar-refractivity contribution is -0.274. The number of alkyl halides is 3. The van der Waals surface area contributed by atoms with Crippen LogP contribution in [0.25, 0.3) is 0 Å². The number of benzene rings is 3. The Hall–Kier alpha value is -4.20. The van der Waals surface area contributed by atoms with Crippen LogP contribution < -0.4 is 19.3 Å². The molecule has 1 fully saturated rings. The molecule has 13 heteroatoms. The van der Waals surface area contributed by atoms with E-state index in [9.17, 15) is 26.7 Å². The predicted molar refractivity (Wildman–Crippen MR) is 154 cm³/mol. The summed E-state index contributed by atoms with van der Waals surface area (Å²) < 4.78 is 71.3. The molecule has 4 aromatic rings. The fraction of sp³-hybridized carbons (Fsp3) is 0.267. The van der Waals surface area contributed by atoms with Crippen molar-refractivity contribution in [1.82, 2.24) is 14.7 Å². The van der Waals surface area contributed by atoms with Crippen molar-refractivity contribution in [3.05, 3.63) is 103 Å². The largest absolute Gasteiger partial charge is 0.573 e. The Balaban J connectivity index is 1.38. The highest BCUT2D eigenvalue weighted by atomic mass is 32.2. The number of aryl methyl sites for hydroxylation is 2. The van der Waals surface area contributed by atoms with Crippen molar-refractivity contribution in [2.75, 3.05) is 22.9 Å². The monoisotopic (exact) mass is 611 g/mol. The number of aromatic nitrogens is 2. The summed E-state index contributed by atoms with van der Waals surface area (Å²) in [7, 11) is -4.27. The summed E-state index contributed by atoms with van der Waals surface area (Å²) in [4.78, 5) is 12.1. The fourth-order valence-corrected chi connectivity index (χ4v) is 7.02. The van der Waals surface area contributed by atoms with E-state index >= 15 is 0 Å². The highest BCUT2D eigenvalue weighted by Gasteiger charge is 2.43. The van der Waals surface area contributed by atoms with Crippen molar-refractivity contribution in [2.45, 2.75) is 42.3 Å². The maximum Gasteiger partial charge on any atom is 0.573 e. The van der Waals surface area contributed by atoms with Gasteiger partial charge in [0.2, 0.25) is 10.0 Å². The van der Waals surface area contributed by atoms with Gasteiger partial charge in [-0.1, -0.05) is 36.4 Å². The Kier molecular flexibility index (Phi) is 7.71. The third kappa shape index (κ3) is 6.14. The summed E-state index contributed by atoms with van der Waals surface area (Å²) in [5.74, 6) is 0.0128. The minimum atomic E-state index is -4.91. The van der Waals surface area contributed by atoms with Gasteiger partial charge in [0.15, 0.2) is 0 Å². The molecule has 0 saturated carbocycles. The molecule has 1 aromatic heterocycles. The molecule has 9 nitrogen and oxygen atoms in total. The SMILES string of the molecule is O=S(=O)(N[C@@H]1CN(c2ccncn2)C[C@H](N2c3ccccc3CCc3ccccc32)[C@H]1O)c1ccc(OC(F)(F)F)cc1. The van der Waals surface area contributed by atoms with Crippen LogP contribution in [0.1, 0.15) is 11.1 Å². The number of aliphatic hydroxyl groups excluding tert-OH is 1. The third-order valence-corrected chi connectivity index (χ3v) is 9.20. The Morgan fingerprint density at radius 3 is 2.09 bits per heavy atom. The number of sulfonamides is 1. The number of halogens is 3. The second kappa shape index (κ2) is 11.5. The number of ether oxygens (including phenoxy) is 1. The quantitative estimate of drug-likeness (QED) is 0.334. The van der Waals surface area contributed by atoms with Gasteiger partial charge in [-0.25, -0.2) is 23.1 Å². The zero-order chi connectivity index (χ0) is 30.2. The van der Waals surface area contributed by atoms with Gasteiger partial charge < -0.3 is 19.6 Å². The van der Waals surface area contributed by atoms with Crippen molar-refractivity contribution >= 4 is 27.2 Å². The van der Waals surface area contributed by atoms with Crippen molar-refractivity contribution < 1.29 is 31.4 Å². The summed E-state index contributed by atoms with van der Waals surface area (Å²) in [5.41, 5.74) is 4.04. The van der Waals surface area contributed by atoms with Crippen molar-refractivity contribution in [1.29, 1.82) is 0 Å². The molecule has 3 aromatic carbocycles. The molecule has 0 unspecified atom stereocenters. The molecule has 0 bridgehead atoms. The molecule has 0 amide bonds. The number of rotatable bonds is 6. The van der Waals surface area contributed by atoms with Crippen LogP contribution in [0.4, 0.5) is 30.4 Å². The predicted octanol–water partition coefficient (Wildman–Crippen LogP) is 4.21. The summed E-state index contributed by atoms with van der Waals surface area (Å²) in [6, 6.07) is 19.9. The lowest BCUT2D eigenvalue weighted by Crippen LogP contribution is -2.65. The van der Waals surface area contributed by atoms with Gasteiger partial charge in [-0.3, -0.25) is 0 Å². The van der Waals surface area contributed by atoms with E-state index in [1.54, 1.807) is 12.3 Å². The van der Waals surface area contributed by atoms with Crippen molar-refractivity contribution in [2.24, 2.45) is 0 Å². The summed E-state index contributed by atoms with van der Waals surface area (Å²) in [6.45, 7) is 0.406. The first-order chi connectivity index (χ1) is 20.6. The van der Waals surface area contributed by atoms with Crippen LogP contribution >= 0.6 is 0 Å². The number of aliphatic hydroxyl groups is 1.